The van der Waals surface area contributed by atoms with Gasteiger partial charge >= 0.3 is 0 Å². The third-order valence-electron chi connectivity index (χ3n) is 2.56. The van der Waals surface area contributed by atoms with Crippen LogP contribution in [0.25, 0.3) is 0 Å². The zero-order chi connectivity index (χ0) is 11.3. The lowest BCUT2D eigenvalue weighted by molar-refractivity contribution is 0.0928. The molecule has 0 spiro atoms. The molecule has 0 aliphatic heterocycles. The molecule has 0 aliphatic carbocycles. The molecule has 0 amide bonds. The minimum absolute atomic E-state index is 0.0473. The molecule has 0 saturated carbocycles. The molecule has 1 atom stereocenters. The maximum absolute atomic E-state index is 12.0. The van der Waals surface area contributed by atoms with Crippen LogP contribution >= 0.6 is 0 Å². The summed E-state index contributed by atoms with van der Waals surface area (Å²) in [4.78, 5) is 12.0. The lowest BCUT2D eigenvalue weighted by Gasteiger charge is -2.12. The minimum Gasteiger partial charge on any atom is -0.316 e. The van der Waals surface area contributed by atoms with Gasteiger partial charge in [-0.1, -0.05) is 38.1 Å². The molecule has 0 fully saturated rings. The van der Waals surface area contributed by atoms with E-state index in [0.717, 1.165) is 24.2 Å². The predicted octanol–water partition coefficient (Wildman–Crippen LogP) is 2.42. The number of Topliss-reactive ketones (excluding diaryl/α,β-unsaturated/α-hetero) is 1. The Morgan fingerprint density at radius 2 is 2.07 bits per heavy atom. The van der Waals surface area contributed by atoms with Gasteiger partial charge < -0.3 is 5.32 Å². The van der Waals surface area contributed by atoms with Crippen molar-refractivity contribution in [2.45, 2.75) is 20.8 Å². The van der Waals surface area contributed by atoms with E-state index in [4.69, 9.17) is 0 Å². The van der Waals surface area contributed by atoms with Crippen LogP contribution in [-0.2, 0) is 0 Å². The van der Waals surface area contributed by atoms with E-state index in [1.807, 2.05) is 45.0 Å². The molecule has 0 aliphatic rings. The second-order valence-corrected chi connectivity index (χ2v) is 3.89. The molecule has 0 radical (unpaired) electrons. The fourth-order valence-corrected chi connectivity index (χ4v) is 1.57. The van der Waals surface area contributed by atoms with E-state index in [1.165, 1.54) is 0 Å². The van der Waals surface area contributed by atoms with Gasteiger partial charge in [-0.05, 0) is 19.0 Å². The van der Waals surface area contributed by atoms with Crippen LogP contribution in [-0.4, -0.2) is 18.9 Å². The maximum atomic E-state index is 12.0. The van der Waals surface area contributed by atoms with E-state index in [0.29, 0.717) is 0 Å². The quantitative estimate of drug-likeness (QED) is 0.748. The van der Waals surface area contributed by atoms with Gasteiger partial charge in [0, 0.05) is 18.0 Å². The first-order valence-electron chi connectivity index (χ1n) is 5.47. The largest absolute Gasteiger partial charge is 0.316 e. The van der Waals surface area contributed by atoms with Gasteiger partial charge in [0.25, 0.3) is 0 Å². The van der Waals surface area contributed by atoms with E-state index in [9.17, 15) is 4.79 Å². The molecule has 0 saturated heterocycles. The second kappa shape index (κ2) is 5.66. The first-order chi connectivity index (χ1) is 7.16. The van der Waals surface area contributed by atoms with Gasteiger partial charge in [-0.25, -0.2) is 0 Å². The average Bonchev–Trinajstić information content (AvgIpc) is 2.25. The van der Waals surface area contributed by atoms with Crippen LogP contribution in [0, 0.1) is 12.8 Å². The Kier molecular flexibility index (Phi) is 4.50. The molecule has 0 heterocycles. The monoisotopic (exact) mass is 205 g/mol. The molecule has 2 heteroatoms. The predicted molar refractivity (Wildman–Crippen MR) is 63.2 cm³/mol. The Morgan fingerprint density at radius 3 is 2.67 bits per heavy atom. The van der Waals surface area contributed by atoms with E-state index < -0.39 is 0 Å². The molecular weight excluding hydrogens is 186 g/mol. The Labute approximate surface area is 91.7 Å². The zero-order valence-corrected chi connectivity index (χ0v) is 9.71. The van der Waals surface area contributed by atoms with Crippen molar-refractivity contribution < 1.29 is 4.79 Å². The summed E-state index contributed by atoms with van der Waals surface area (Å²) in [6.45, 7) is 7.66. The Balaban J connectivity index is 2.72. The summed E-state index contributed by atoms with van der Waals surface area (Å²) in [6, 6.07) is 7.76. The molecule has 2 nitrogen and oxygen atoms in total. The van der Waals surface area contributed by atoms with Gasteiger partial charge in [0.15, 0.2) is 5.78 Å². The summed E-state index contributed by atoms with van der Waals surface area (Å²) in [5, 5.41) is 3.20. The average molecular weight is 205 g/mol. The summed E-state index contributed by atoms with van der Waals surface area (Å²) in [6.07, 6.45) is 0. The number of carbonyl (C=O) groups excluding carboxylic acids is 1. The Bertz CT molecular complexity index is 333. The third-order valence-corrected chi connectivity index (χ3v) is 2.56. The van der Waals surface area contributed by atoms with Gasteiger partial charge in [-0.3, -0.25) is 4.79 Å². The van der Waals surface area contributed by atoms with Gasteiger partial charge in [0.2, 0.25) is 0 Å². The Morgan fingerprint density at radius 1 is 1.40 bits per heavy atom. The highest BCUT2D eigenvalue weighted by Crippen LogP contribution is 2.12. The lowest BCUT2D eigenvalue weighted by atomic mass is 9.96. The number of hydrogen-bond donors (Lipinski definition) is 1. The number of hydrogen-bond acceptors (Lipinski definition) is 2. The van der Waals surface area contributed by atoms with Crippen LogP contribution in [0.3, 0.4) is 0 Å². The molecule has 1 unspecified atom stereocenters. The normalized spacial score (nSPS) is 12.5. The summed E-state index contributed by atoms with van der Waals surface area (Å²) in [7, 11) is 0. The zero-order valence-electron chi connectivity index (χ0n) is 9.71. The van der Waals surface area contributed by atoms with Crippen molar-refractivity contribution in [2.24, 2.45) is 5.92 Å². The number of nitrogens with one attached hydrogen (secondary N) is 1. The number of benzene rings is 1. The topological polar surface area (TPSA) is 29.1 Å². The molecule has 1 N–H and O–H groups in total. The van der Waals surface area contributed by atoms with Crippen LogP contribution < -0.4 is 5.32 Å². The van der Waals surface area contributed by atoms with Gasteiger partial charge in [0.05, 0.1) is 0 Å². The van der Waals surface area contributed by atoms with Crippen LogP contribution in [0.2, 0.25) is 0 Å². The molecule has 1 rings (SSSR count). The van der Waals surface area contributed by atoms with E-state index >= 15 is 0 Å². The SMILES string of the molecule is CCNCC(C)C(=O)c1ccccc1C. The van der Waals surface area contributed by atoms with Crippen LogP contribution in [0.15, 0.2) is 24.3 Å². The summed E-state index contributed by atoms with van der Waals surface area (Å²) in [5.74, 6) is 0.278. The van der Waals surface area contributed by atoms with Crippen molar-refractivity contribution in [1.82, 2.24) is 5.32 Å². The van der Waals surface area contributed by atoms with Crippen molar-refractivity contribution in [3.63, 3.8) is 0 Å². The summed E-state index contributed by atoms with van der Waals surface area (Å²) < 4.78 is 0. The molecular formula is C13H19NO. The fraction of sp³-hybridized carbons (Fsp3) is 0.462. The number of carbonyl (C=O) groups is 1. The van der Waals surface area contributed by atoms with Gasteiger partial charge in [-0.15, -0.1) is 0 Å². The minimum atomic E-state index is 0.0473. The highest BCUT2D eigenvalue weighted by atomic mass is 16.1. The highest BCUT2D eigenvalue weighted by Gasteiger charge is 2.15. The van der Waals surface area contributed by atoms with E-state index in [2.05, 4.69) is 5.32 Å². The maximum Gasteiger partial charge on any atom is 0.167 e. The molecule has 1 aromatic carbocycles. The van der Waals surface area contributed by atoms with Crippen molar-refractivity contribution in [3.8, 4) is 0 Å². The Hall–Kier alpha value is -1.15. The third kappa shape index (κ3) is 3.17. The second-order valence-electron chi connectivity index (χ2n) is 3.89. The highest BCUT2D eigenvalue weighted by molar-refractivity contribution is 5.99. The number of ketones is 1. The van der Waals surface area contributed by atoms with Gasteiger partial charge in [0.1, 0.15) is 0 Å². The van der Waals surface area contributed by atoms with E-state index in [1.54, 1.807) is 0 Å². The van der Waals surface area contributed by atoms with Crippen molar-refractivity contribution >= 4 is 5.78 Å². The molecule has 1 aromatic rings. The molecule has 0 bridgehead atoms. The fourth-order valence-electron chi connectivity index (χ4n) is 1.57. The van der Waals surface area contributed by atoms with Crippen LogP contribution in [0.5, 0.6) is 0 Å². The molecule has 0 aromatic heterocycles. The lowest BCUT2D eigenvalue weighted by Crippen LogP contribution is -2.26. The van der Waals surface area contributed by atoms with E-state index in [-0.39, 0.29) is 11.7 Å². The van der Waals surface area contributed by atoms with Gasteiger partial charge in [-0.2, -0.15) is 0 Å². The van der Waals surface area contributed by atoms with Crippen molar-refractivity contribution in [3.05, 3.63) is 35.4 Å². The van der Waals surface area contributed by atoms with Crippen LogP contribution in [0.4, 0.5) is 0 Å². The number of rotatable bonds is 5. The van der Waals surface area contributed by atoms with Crippen LogP contribution in [0.1, 0.15) is 29.8 Å². The molecule has 15 heavy (non-hydrogen) atoms. The first kappa shape index (κ1) is 11.9. The smallest absolute Gasteiger partial charge is 0.167 e. The summed E-state index contributed by atoms with van der Waals surface area (Å²) >= 11 is 0. The molecule has 82 valence electrons. The number of aryl methyl sites for hydroxylation is 1. The standard InChI is InChI=1S/C13H19NO/c1-4-14-9-11(3)13(15)12-8-6-5-7-10(12)2/h5-8,11,14H,4,9H2,1-3H3. The summed E-state index contributed by atoms with van der Waals surface area (Å²) in [5.41, 5.74) is 1.91. The van der Waals surface area contributed by atoms with Crippen molar-refractivity contribution in [1.29, 1.82) is 0 Å². The van der Waals surface area contributed by atoms with Crippen molar-refractivity contribution in [2.75, 3.05) is 13.1 Å². The first-order valence-corrected chi connectivity index (χ1v) is 5.47.